The number of carbonyl (C=O) groups is 3. The van der Waals surface area contributed by atoms with Crippen LogP contribution in [0.3, 0.4) is 0 Å². The van der Waals surface area contributed by atoms with Gasteiger partial charge in [0.25, 0.3) is 17.5 Å². The molecular formula is C22H13Cl2N3O6. The van der Waals surface area contributed by atoms with Crippen molar-refractivity contribution in [2.24, 2.45) is 0 Å². The Balaban J connectivity index is 1.69. The van der Waals surface area contributed by atoms with E-state index in [9.17, 15) is 24.5 Å². The van der Waals surface area contributed by atoms with E-state index in [4.69, 9.17) is 27.6 Å². The van der Waals surface area contributed by atoms with Crippen LogP contribution in [-0.4, -0.2) is 22.8 Å². The predicted molar refractivity (Wildman–Crippen MR) is 121 cm³/mol. The molecule has 0 radical (unpaired) electrons. The van der Waals surface area contributed by atoms with E-state index in [1.165, 1.54) is 42.5 Å². The Labute approximate surface area is 196 Å². The van der Waals surface area contributed by atoms with Gasteiger partial charge < -0.3 is 4.42 Å². The smallest absolute Gasteiger partial charge is 0.335 e. The molecule has 1 aromatic heterocycles. The Morgan fingerprint density at radius 3 is 2.52 bits per heavy atom. The van der Waals surface area contributed by atoms with Gasteiger partial charge >= 0.3 is 6.03 Å². The van der Waals surface area contributed by atoms with Crippen LogP contribution in [0.2, 0.25) is 10.0 Å². The van der Waals surface area contributed by atoms with Gasteiger partial charge in [0.1, 0.15) is 17.1 Å². The normalized spacial score (nSPS) is 15.2. The Morgan fingerprint density at radius 1 is 1.06 bits per heavy atom. The standard InChI is InChI=1S/C22H13Cl2N3O6/c1-11-16(23)3-2-4-18(11)26-21(29)15(20(28)25-22(26)30)10-13-6-8-19(33-13)14-7-5-12(27(31)32)9-17(14)24/h2-10H,1H3,(H,25,28,30)/b15-10+. The van der Waals surface area contributed by atoms with Crippen LogP contribution in [-0.2, 0) is 9.59 Å². The van der Waals surface area contributed by atoms with Crippen molar-refractivity contribution in [3.8, 4) is 11.3 Å². The summed E-state index contributed by atoms with van der Waals surface area (Å²) in [5, 5.41) is 13.5. The second-order valence-electron chi connectivity index (χ2n) is 6.97. The van der Waals surface area contributed by atoms with E-state index < -0.39 is 22.8 Å². The van der Waals surface area contributed by atoms with Crippen molar-refractivity contribution in [1.29, 1.82) is 0 Å². The minimum Gasteiger partial charge on any atom is -0.457 e. The maximum absolute atomic E-state index is 13.1. The lowest BCUT2D eigenvalue weighted by Gasteiger charge is -2.27. The van der Waals surface area contributed by atoms with Gasteiger partial charge in [-0.15, -0.1) is 0 Å². The fourth-order valence-corrected chi connectivity index (χ4v) is 3.69. The summed E-state index contributed by atoms with van der Waals surface area (Å²) < 4.78 is 5.67. The second kappa shape index (κ2) is 8.53. The molecule has 0 atom stereocenters. The highest BCUT2D eigenvalue weighted by Crippen LogP contribution is 2.33. The lowest BCUT2D eigenvalue weighted by Crippen LogP contribution is -2.54. The van der Waals surface area contributed by atoms with Crippen molar-refractivity contribution in [2.45, 2.75) is 6.92 Å². The summed E-state index contributed by atoms with van der Waals surface area (Å²) in [6, 6.07) is 10.7. The van der Waals surface area contributed by atoms with Crippen molar-refractivity contribution in [2.75, 3.05) is 4.90 Å². The van der Waals surface area contributed by atoms with Gasteiger partial charge in [-0.05, 0) is 48.9 Å². The predicted octanol–water partition coefficient (Wildman–Crippen LogP) is 5.14. The number of barbiturate groups is 1. The number of carbonyl (C=O) groups excluding carboxylic acids is 3. The molecule has 166 valence electrons. The third-order valence-corrected chi connectivity index (χ3v) is 5.65. The van der Waals surface area contributed by atoms with E-state index in [1.54, 1.807) is 19.1 Å². The summed E-state index contributed by atoms with van der Waals surface area (Å²) in [7, 11) is 0. The Kier molecular flexibility index (Phi) is 5.75. The van der Waals surface area contributed by atoms with Gasteiger partial charge in [0.15, 0.2) is 0 Å². The summed E-state index contributed by atoms with van der Waals surface area (Å²) in [6.45, 7) is 1.64. The number of hydrogen-bond acceptors (Lipinski definition) is 6. The molecule has 3 aromatic rings. The number of benzene rings is 2. The van der Waals surface area contributed by atoms with Gasteiger partial charge in [0.2, 0.25) is 0 Å². The lowest BCUT2D eigenvalue weighted by atomic mass is 10.1. The van der Waals surface area contributed by atoms with Crippen LogP contribution in [0.4, 0.5) is 16.2 Å². The van der Waals surface area contributed by atoms with Crippen LogP contribution in [0, 0.1) is 17.0 Å². The number of hydrogen-bond donors (Lipinski definition) is 1. The summed E-state index contributed by atoms with van der Waals surface area (Å²) in [4.78, 5) is 49.0. The number of nitro benzene ring substituents is 1. The summed E-state index contributed by atoms with van der Waals surface area (Å²) in [5.41, 5.74) is 0.608. The number of amides is 4. The monoisotopic (exact) mass is 485 g/mol. The van der Waals surface area contributed by atoms with Crippen LogP contribution in [0.15, 0.2) is 58.5 Å². The fourth-order valence-electron chi connectivity index (χ4n) is 3.25. The van der Waals surface area contributed by atoms with E-state index in [1.807, 2.05) is 0 Å². The quantitative estimate of drug-likeness (QED) is 0.236. The van der Waals surface area contributed by atoms with Crippen LogP contribution < -0.4 is 10.2 Å². The SMILES string of the molecule is Cc1c(Cl)cccc1N1C(=O)NC(=O)/C(=C\c2ccc(-c3ccc([N+](=O)[O-])cc3Cl)o2)C1=O. The number of anilines is 1. The maximum atomic E-state index is 13.1. The average Bonchev–Trinajstić information content (AvgIpc) is 3.22. The van der Waals surface area contributed by atoms with Gasteiger partial charge in [0.05, 0.1) is 15.6 Å². The Morgan fingerprint density at radius 2 is 1.82 bits per heavy atom. The Bertz CT molecular complexity index is 1380. The van der Waals surface area contributed by atoms with E-state index in [0.717, 1.165) is 4.90 Å². The minimum atomic E-state index is -0.898. The highest BCUT2D eigenvalue weighted by molar-refractivity contribution is 6.40. The third kappa shape index (κ3) is 4.11. The zero-order valence-electron chi connectivity index (χ0n) is 16.8. The van der Waals surface area contributed by atoms with E-state index in [-0.39, 0.29) is 33.5 Å². The van der Waals surface area contributed by atoms with Crippen molar-refractivity contribution >= 4 is 58.5 Å². The molecule has 2 aromatic carbocycles. The number of nitrogens with zero attached hydrogens (tertiary/aromatic N) is 2. The second-order valence-corrected chi connectivity index (χ2v) is 7.78. The molecule has 11 heteroatoms. The van der Waals surface area contributed by atoms with E-state index >= 15 is 0 Å². The number of non-ortho nitro benzene ring substituents is 1. The summed E-state index contributed by atoms with van der Waals surface area (Å²) >= 11 is 12.2. The van der Waals surface area contributed by atoms with Crippen molar-refractivity contribution in [3.63, 3.8) is 0 Å². The molecule has 2 heterocycles. The first-order chi connectivity index (χ1) is 15.7. The molecule has 4 amide bonds. The zero-order valence-corrected chi connectivity index (χ0v) is 18.3. The number of furan rings is 1. The number of urea groups is 1. The van der Waals surface area contributed by atoms with Gasteiger partial charge in [-0.2, -0.15) is 0 Å². The average molecular weight is 486 g/mol. The Hall–Kier alpha value is -3.95. The molecular weight excluding hydrogens is 473 g/mol. The van der Waals surface area contributed by atoms with Gasteiger partial charge in [-0.1, -0.05) is 29.3 Å². The number of imide groups is 2. The fraction of sp³-hybridized carbons (Fsp3) is 0.0455. The molecule has 0 bridgehead atoms. The molecule has 1 aliphatic heterocycles. The topological polar surface area (TPSA) is 123 Å². The molecule has 9 nitrogen and oxygen atoms in total. The molecule has 0 unspecified atom stereocenters. The summed E-state index contributed by atoms with van der Waals surface area (Å²) in [5.74, 6) is -1.33. The molecule has 1 N–H and O–H groups in total. The molecule has 0 spiro atoms. The van der Waals surface area contributed by atoms with Gasteiger partial charge in [0, 0.05) is 22.7 Å². The number of halogens is 2. The van der Waals surface area contributed by atoms with Crippen LogP contribution in [0.25, 0.3) is 17.4 Å². The number of nitro groups is 1. The largest absolute Gasteiger partial charge is 0.457 e. The van der Waals surface area contributed by atoms with E-state index in [0.29, 0.717) is 16.1 Å². The molecule has 33 heavy (non-hydrogen) atoms. The minimum absolute atomic E-state index is 0.0949. The van der Waals surface area contributed by atoms with Crippen molar-refractivity contribution in [1.82, 2.24) is 5.32 Å². The van der Waals surface area contributed by atoms with Crippen LogP contribution in [0.5, 0.6) is 0 Å². The zero-order chi connectivity index (χ0) is 23.9. The molecule has 0 saturated carbocycles. The third-order valence-electron chi connectivity index (χ3n) is 4.92. The summed E-state index contributed by atoms with van der Waals surface area (Å²) in [6.07, 6.45) is 1.19. The van der Waals surface area contributed by atoms with Crippen LogP contribution >= 0.6 is 23.2 Å². The number of rotatable bonds is 4. The van der Waals surface area contributed by atoms with Crippen molar-refractivity contribution in [3.05, 3.63) is 85.6 Å². The maximum Gasteiger partial charge on any atom is 0.335 e. The van der Waals surface area contributed by atoms with E-state index in [2.05, 4.69) is 5.32 Å². The van der Waals surface area contributed by atoms with Crippen molar-refractivity contribution < 1.29 is 23.7 Å². The van der Waals surface area contributed by atoms with Gasteiger partial charge in [-0.25, -0.2) is 9.69 Å². The molecule has 0 aliphatic carbocycles. The first kappa shape index (κ1) is 22.3. The first-order valence-corrected chi connectivity index (χ1v) is 10.1. The number of nitrogens with one attached hydrogen (secondary N) is 1. The molecule has 1 fully saturated rings. The molecule has 1 aliphatic rings. The lowest BCUT2D eigenvalue weighted by molar-refractivity contribution is -0.384. The molecule has 4 rings (SSSR count). The molecule has 1 saturated heterocycles. The first-order valence-electron chi connectivity index (χ1n) is 9.38. The highest BCUT2D eigenvalue weighted by atomic mass is 35.5. The van der Waals surface area contributed by atoms with Gasteiger partial charge in [-0.3, -0.25) is 25.0 Å². The van der Waals surface area contributed by atoms with Crippen LogP contribution in [0.1, 0.15) is 11.3 Å². The highest BCUT2D eigenvalue weighted by Gasteiger charge is 2.37.